The van der Waals surface area contributed by atoms with Crippen molar-refractivity contribution in [3.05, 3.63) is 83.3 Å². The summed E-state index contributed by atoms with van der Waals surface area (Å²) in [4.78, 5) is 34.5. The average Bonchev–Trinajstić information content (AvgIpc) is 3.52. The highest BCUT2D eigenvalue weighted by molar-refractivity contribution is 6.80. The van der Waals surface area contributed by atoms with Gasteiger partial charge in [0, 0.05) is 29.8 Å². The van der Waals surface area contributed by atoms with E-state index in [0.29, 0.717) is 28.8 Å². The van der Waals surface area contributed by atoms with Crippen LogP contribution in [0.25, 0.3) is 10.8 Å². The fraction of sp³-hybridized carbons (Fsp3) is 0.405. The molecular formula is C37H44N5O6Si. The first kappa shape index (κ1) is 34.5. The van der Waals surface area contributed by atoms with Crippen LogP contribution < -0.4 is 27.0 Å². The maximum Gasteiger partial charge on any atom is 0.306 e. The Bertz CT molecular complexity index is 1850. The Morgan fingerprint density at radius 3 is 2.39 bits per heavy atom. The third kappa shape index (κ3) is 6.91. The van der Waals surface area contributed by atoms with Crippen LogP contribution in [0.2, 0.25) is 0 Å². The fourth-order valence-corrected chi connectivity index (χ4v) is 8.94. The first-order valence-corrected chi connectivity index (χ1v) is 18.2. The number of anilines is 2. The molecule has 12 heteroatoms. The number of aromatic nitrogens is 2. The van der Waals surface area contributed by atoms with Crippen molar-refractivity contribution in [2.75, 3.05) is 11.1 Å². The number of esters is 1. The number of nitrogens with two attached hydrogens (primary N) is 1. The average molecular weight is 683 g/mol. The number of nitrogens with zero attached hydrogens (tertiary/aromatic N) is 3. The lowest BCUT2D eigenvalue weighted by Crippen LogP contribution is -2.57. The van der Waals surface area contributed by atoms with Crippen LogP contribution in [0.15, 0.2) is 82.7 Å². The number of carbonyl (C=O) groups is 1. The summed E-state index contributed by atoms with van der Waals surface area (Å²) in [5.41, 5.74) is 3.80. The standard InChI is InChI=1S/C37H44N5O6Si/c1-6-7-10-19-28(44)46-32-30(31(36(2,3)4)48-49(23-15-11-8-12-16-23)24-17-13-9-14-18-24)47-35(37(32,5)45)42-21-25-26(38)20-27(43)41-33-29(25)34(42)40-22-39-33/h8-9,11-18,20-22,30-32,35,45H,6-7,10,19,38H2,1-5H3,(H,39,40,41,43). The van der Waals surface area contributed by atoms with Gasteiger partial charge < -0.3 is 34.6 Å². The van der Waals surface area contributed by atoms with E-state index in [9.17, 15) is 14.7 Å². The highest BCUT2D eigenvalue weighted by Crippen LogP contribution is 2.49. The highest BCUT2D eigenvalue weighted by Gasteiger charge is 2.60. The van der Waals surface area contributed by atoms with Crippen molar-refractivity contribution >= 4 is 59.8 Å². The van der Waals surface area contributed by atoms with Crippen LogP contribution in [0.5, 0.6) is 0 Å². The zero-order valence-electron chi connectivity index (χ0n) is 28.6. The summed E-state index contributed by atoms with van der Waals surface area (Å²) in [5, 5.41) is 18.6. The Morgan fingerprint density at radius 2 is 1.78 bits per heavy atom. The van der Waals surface area contributed by atoms with Crippen molar-refractivity contribution in [1.29, 1.82) is 0 Å². The first-order chi connectivity index (χ1) is 23.4. The molecule has 2 aliphatic rings. The van der Waals surface area contributed by atoms with Crippen LogP contribution >= 0.6 is 0 Å². The highest BCUT2D eigenvalue weighted by atomic mass is 28.3. The van der Waals surface area contributed by atoms with Gasteiger partial charge in [-0.3, -0.25) is 9.59 Å². The molecule has 4 aromatic rings. The SMILES string of the molecule is CCCCCC(=O)OC1C(C(O[Si](c2ccccc2)c2ccccc2)C(C)(C)C)OC(n2cc3c(N)cc(=O)nc4c3c2N=CN4)C1(C)O. The predicted molar refractivity (Wildman–Crippen MR) is 193 cm³/mol. The second kappa shape index (κ2) is 13.9. The Hall–Kier alpha value is -4.36. The largest absolute Gasteiger partial charge is 0.456 e. The van der Waals surface area contributed by atoms with Crippen molar-refractivity contribution < 1.29 is 23.8 Å². The Kier molecular flexibility index (Phi) is 9.76. The van der Waals surface area contributed by atoms with Gasteiger partial charge in [-0.25, -0.2) is 4.99 Å². The molecule has 4 heterocycles. The first-order valence-electron chi connectivity index (χ1n) is 16.8. The molecule has 2 aromatic heterocycles. The number of rotatable bonds is 11. The lowest BCUT2D eigenvalue weighted by atomic mass is 9.82. The number of ether oxygens (including phenoxy) is 2. The molecule has 6 rings (SSSR count). The second-order valence-electron chi connectivity index (χ2n) is 14.0. The van der Waals surface area contributed by atoms with Crippen molar-refractivity contribution in [2.45, 2.75) is 90.4 Å². The molecule has 2 aliphatic heterocycles. The molecule has 4 N–H and O–H groups in total. The van der Waals surface area contributed by atoms with Gasteiger partial charge in [0.05, 0.1) is 17.8 Å². The monoisotopic (exact) mass is 682 g/mol. The van der Waals surface area contributed by atoms with Gasteiger partial charge in [0.15, 0.2) is 12.3 Å². The van der Waals surface area contributed by atoms with Gasteiger partial charge in [-0.05, 0) is 29.1 Å². The number of hydrogen-bond acceptors (Lipinski definition) is 10. The molecule has 11 nitrogen and oxygen atoms in total. The Balaban J connectivity index is 1.47. The van der Waals surface area contributed by atoms with E-state index in [4.69, 9.17) is 19.6 Å². The van der Waals surface area contributed by atoms with Gasteiger partial charge in [-0.2, -0.15) is 4.98 Å². The van der Waals surface area contributed by atoms with Crippen LogP contribution in [0.4, 0.5) is 17.3 Å². The molecular weight excluding hydrogens is 639 g/mol. The second-order valence-corrected chi connectivity index (χ2v) is 16.0. The van der Waals surface area contributed by atoms with E-state index < -0.39 is 56.1 Å². The zero-order valence-corrected chi connectivity index (χ0v) is 29.6. The van der Waals surface area contributed by atoms with Gasteiger partial charge in [0.1, 0.15) is 23.3 Å². The van der Waals surface area contributed by atoms with E-state index >= 15 is 0 Å². The number of aliphatic hydroxyl groups is 1. The summed E-state index contributed by atoms with van der Waals surface area (Å²) >= 11 is 0. The van der Waals surface area contributed by atoms with E-state index in [0.717, 1.165) is 23.2 Å². The summed E-state index contributed by atoms with van der Waals surface area (Å²) in [6.07, 6.45) is 2.16. The molecule has 0 saturated carbocycles. The van der Waals surface area contributed by atoms with Crippen molar-refractivity contribution in [3.63, 3.8) is 0 Å². The third-order valence-electron chi connectivity index (χ3n) is 9.07. The van der Waals surface area contributed by atoms with Crippen LogP contribution in [-0.4, -0.2) is 59.9 Å². The number of nitrogens with one attached hydrogen (secondary N) is 1. The Labute approximate surface area is 287 Å². The number of hydrogen-bond donors (Lipinski definition) is 3. The molecule has 0 bridgehead atoms. The number of benzene rings is 2. The summed E-state index contributed by atoms with van der Waals surface area (Å²) in [6.45, 7) is 9.86. The van der Waals surface area contributed by atoms with Crippen LogP contribution in [0.3, 0.4) is 0 Å². The molecule has 0 amide bonds. The van der Waals surface area contributed by atoms with E-state index in [1.807, 2.05) is 36.4 Å². The minimum absolute atomic E-state index is 0.208. The lowest BCUT2D eigenvalue weighted by Gasteiger charge is -2.39. The van der Waals surface area contributed by atoms with E-state index in [1.54, 1.807) is 17.7 Å². The van der Waals surface area contributed by atoms with E-state index in [2.05, 4.69) is 67.3 Å². The minimum Gasteiger partial charge on any atom is -0.456 e. The van der Waals surface area contributed by atoms with Crippen molar-refractivity contribution in [2.24, 2.45) is 10.4 Å². The summed E-state index contributed by atoms with van der Waals surface area (Å²) in [7, 11) is -1.85. The molecule has 257 valence electrons. The van der Waals surface area contributed by atoms with Crippen LogP contribution in [-0.2, 0) is 18.7 Å². The number of carbonyl (C=O) groups excluding carboxylic acids is 1. The predicted octanol–water partition coefficient (Wildman–Crippen LogP) is 4.44. The van der Waals surface area contributed by atoms with E-state index in [1.165, 1.54) is 12.4 Å². The number of nitrogen functional groups attached to an aromatic ring is 1. The summed E-state index contributed by atoms with van der Waals surface area (Å²) < 4.78 is 22.0. The molecule has 0 aliphatic carbocycles. The molecule has 5 atom stereocenters. The van der Waals surface area contributed by atoms with Crippen LogP contribution in [0.1, 0.15) is 66.5 Å². The Morgan fingerprint density at radius 1 is 1.12 bits per heavy atom. The smallest absolute Gasteiger partial charge is 0.306 e. The summed E-state index contributed by atoms with van der Waals surface area (Å²) in [6, 6.07) is 21.4. The zero-order chi connectivity index (χ0) is 34.9. The molecule has 1 radical (unpaired) electrons. The fourth-order valence-electron chi connectivity index (χ4n) is 6.60. The third-order valence-corrected chi connectivity index (χ3v) is 11.3. The van der Waals surface area contributed by atoms with Gasteiger partial charge in [-0.15, -0.1) is 0 Å². The van der Waals surface area contributed by atoms with Crippen molar-refractivity contribution in [3.8, 4) is 0 Å². The topological polar surface area (TPSA) is 150 Å². The van der Waals surface area contributed by atoms with Gasteiger partial charge in [0.2, 0.25) is 0 Å². The molecule has 2 aromatic carbocycles. The normalized spacial score (nSPS) is 22.3. The molecule has 1 fully saturated rings. The molecule has 1 saturated heterocycles. The van der Waals surface area contributed by atoms with Gasteiger partial charge in [-0.1, -0.05) is 101 Å². The van der Waals surface area contributed by atoms with Gasteiger partial charge >= 0.3 is 5.97 Å². The molecule has 49 heavy (non-hydrogen) atoms. The maximum absolute atomic E-state index is 13.4. The minimum atomic E-state index is -1.85. The van der Waals surface area contributed by atoms with Crippen molar-refractivity contribution in [1.82, 2.24) is 9.55 Å². The molecule has 5 unspecified atom stereocenters. The lowest BCUT2D eigenvalue weighted by molar-refractivity contribution is -0.167. The maximum atomic E-state index is 13.4. The molecule has 0 spiro atoms. The quantitative estimate of drug-likeness (QED) is 0.119. The number of unbranched alkanes of at least 4 members (excludes halogenated alkanes) is 2. The van der Waals surface area contributed by atoms with Crippen LogP contribution in [0, 0.1) is 5.41 Å². The number of aliphatic imine (C=N–C) groups is 1. The van der Waals surface area contributed by atoms with E-state index in [-0.39, 0.29) is 12.1 Å². The van der Waals surface area contributed by atoms with Gasteiger partial charge in [0.25, 0.3) is 14.6 Å². The summed E-state index contributed by atoms with van der Waals surface area (Å²) in [5.74, 6) is 0.274.